The van der Waals surface area contributed by atoms with Crippen LogP contribution in [0.3, 0.4) is 0 Å². The maximum Gasteiger partial charge on any atom is 0.331 e. The third-order valence-corrected chi connectivity index (χ3v) is 6.00. The van der Waals surface area contributed by atoms with E-state index in [0.717, 1.165) is 19.4 Å². The first-order chi connectivity index (χ1) is 13.7. The van der Waals surface area contributed by atoms with Gasteiger partial charge in [-0.25, -0.2) is 4.79 Å². The van der Waals surface area contributed by atoms with Gasteiger partial charge < -0.3 is 15.3 Å². The Morgan fingerprint density at radius 2 is 1.77 bits per heavy atom. The Morgan fingerprint density at radius 1 is 1.20 bits per heavy atom. The number of amides is 2. The van der Waals surface area contributed by atoms with Gasteiger partial charge in [0.15, 0.2) is 0 Å². The van der Waals surface area contributed by atoms with Crippen molar-refractivity contribution in [2.75, 3.05) is 20.6 Å². The van der Waals surface area contributed by atoms with Gasteiger partial charge >= 0.3 is 5.97 Å². The topological polar surface area (TPSA) is 90.0 Å². The number of nitrogens with one attached hydrogen (secondary N) is 1. The molecule has 0 aromatic heterocycles. The van der Waals surface area contributed by atoms with Gasteiger partial charge in [-0.3, -0.25) is 14.5 Å². The van der Waals surface area contributed by atoms with Crippen molar-refractivity contribution >= 4 is 17.8 Å². The number of hydrogen-bond donors (Lipinski definition) is 2. The predicted molar refractivity (Wildman–Crippen MR) is 119 cm³/mol. The van der Waals surface area contributed by atoms with E-state index in [-0.39, 0.29) is 35.4 Å². The molecule has 2 amide bonds. The normalized spacial score (nSPS) is 23.1. The molecule has 4 atom stereocenters. The fourth-order valence-corrected chi connectivity index (χ4v) is 4.02. The molecule has 0 unspecified atom stereocenters. The molecule has 1 heterocycles. The van der Waals surface area contributed by atoms with E-state index in [1.54, 1.807) is 18.0 Å². The van der Waals surface area contributed by atoms with Crippen LogP contribution in [0.5, 0.6) is 0 Å². The molecule has 0 saturated carbocycles. The molecule has 172 valence electrons. The first-order valence-electron chi connectivity index (χ1n) is 10.9. The van der Waals surface area contributed by atoms with Crippen molar-refractivity contribution in [3.63, 3.8) is 0 Å². The molecule has 0 aromatic carbocycles. The average Bonchev–Trinajstić information content (AvgIpc) is 2.61. The highest BCUT2D eigenvalue weighted by Gasteiger charge is 2.39. The lowest BCUT2D eigenvalue weighted by molar-refractivity contribution is -0.141. The number of carbonyl (C=O) groups is 3. The molecule has 1 aliphatic rings. The summed E-state index contributed by atoms with van der Waals surface area (Å²) in [6.45, 7) is 14.3. The Hall–Kier alpha value is -1.89. The lowest BCUT2D eigenvalue weighted by atomic mass is 9.84. The highest BCUT2D eigenvalue weighted by Crippen LogP contribution is 2.25. The third-order valence-electron chi connectivity index (χ3n) is 6.00. The van der Waals surface area contributed by atoms with Crippen LogP contribution in [0.1, 0.15) is 61.3 Å². The highest BCUT2D eigenvalue weighted by molar-refractivity contribution is 5.91. The first-order valence-corrected chi connectivity index (χ1v) is 10.9. The summed E-state index contributed by atoms with van der Waals surface area (Å²) >= 11 is 0. The Labute approximate surface area is 181 Å². The number of nitrogens with zero attached hydrogens (tertiary/aromatic N) is 2. The Bertz CT molecular complexity index is 666. The summed E-state index contributed by atoms with van der Waals surface area (Å²) in [4.78, 5) is 41.4. The zero-order valence-electron chi connectivity index (χ0n) is 20.2. The van der Waals surface area contributed by atoms with E-state index >= 15 is 0 Å². The molecular weight excluding hydrogens is 382 g/mol. The fraction of sp³-hybridized carbons (Fsp3) is 0.783. The van der Waals surface area contributed by atoms with Crippen molar-refractivity contribution in [2.24, 2.45) is 17.3 Å². The van der Waals surface area contributed by atoms with Crippen LogP contribution in [-0.2, 0) is 14.4 Å². The van der Waals surface area contributed by atoms with Crippen LogP contribution in [0.15, 0.2) is 11.6 Å². The third kappa shape index (κ3) is 6.83. The molecule has 7 nitrogen and oxygen atoms in total. The summed E-state index contributed by atoms with van der Waals surface area (Å²) in [6, 6.07) is -1.32. The first kappa shape index (κ1) is 26.1. The summed E-state index contributed by atoms with van der Waals surface area (Å²) in [7, 11) is 3.63. The second kappa shape index (κ2) is 10.4. The van der Waals surface area contributed by atoms with Crippen molar-refractivity contribution < 1.29 is 19.5 Å². The summed E-state index contributed by atoms with van der Waals surface area (Å²) in [5.74, 6) is -0.756. The van der Waals surface area contributed by atoms with Crippen molar-refractivity contribution in [2.45, 2.75) is 79.4 Å². The SMILES string of the molecule is C/C(=C\[C@H](C(C)C)N(C)C(=O)[C@@H](NC(=O)[C@@H]1CC[C@H](C)CN1C)C(C)(C)C)C(=O)O. The van der Waals surface area contributed by atoms with Gasteiger partial charge in [0.05, 0.1) is 12.1 Å². The van der Waals surface area contributed by atoms with Gasteiger partial charge in [-0.1, -0.05) is 47.6 Å². The molecular formula is C23H41N3O4. The minimum absolute atomic E-state index is 0.0236. The van der Waals surface area contributed by atoms with E-state index in [0.29, 0.717) is 5.92 Å². The van der Waals surface area contributed by atoms with Crippen molar-refractivity contribution in [3.8, 4) is 0 Å². The zero-order valence-corrected chi connectivity index (χ0v) is 20.2. The molecule has 0 radical (unpaired) electrons. The van der Waals surface area contributed by atoms with Gasteiger partial charge in [0.1, 0.15) is 6.04 Å². The number of piperidine rings is 1. The van der Waals surface area contributed by atoms with Crippen LogP contribution in [0.2, 0.25) is 0 Å². The minimum Gasteiger partial charge on any atom is -0.478 e. The lowest BCUT2D eigenvalue weighted by Crippen LogP contribution is -2.60. The molecule has 2 N–H and O–H groups in total. The zero-order chi connectivity index (χ0) is 23.4. The number of carbonyl (C=O) groups excluding carboxylic acids is 2. The maximum absolute atomic E-state index is 13.5. The van der Waals surface area contributed by atoms with E-state index < -0.39 is 17.4 Å². The molecule has 0 spiro atoms. The molecule has 1 saturated heterocycles. The summed E-state index contributed by atoms with van der Waals surface area (Å²) < 4.78 is 0. The molecule has 30 heavy (non-hydrogen) atoms. The smallest absolute Gasteiger partial charge is 0.331 e. The lowest BCUT2D eigenvalue weighted by Gasteiger charge is -2.40. The number of aliphatic carboxylic acids is 1. The molecule has 1 rings (SSSR count). The van der Waals surface area contributed by atoms with Gasteiger partial charge in [0, 0.05) is 19.2 Å². The number of hydrogen-bond acceptors (Lipinski definition) is 4. The van der Waals surface area contributed by atoms with Crippen LogP contribution < -0.4 is 5.32 Å². The van der Waals surface area contributed by atoms with Crippen LogP contribution in [0.4, 0.5) is 0 Å². The van der Waals surface area contributed by atoms with Crippen LogP contribution in [0, 0.1) is 17.3 Å². The summed E-state index contributed by atoms with van der Waals surface area (Å²) in [5.41, 5.74) is -0.295. The fourth-order valence-electron chi connectivity index (χ4n) is 4.02. The highest BCUT2D eigenvalue weighted by atomic mass is 16.4. The summed E-state index contributed by atoms with van der Waals surface area (Å²) in [6.07, 6.45) is 3.38. The van der Waals surface area contributed by atoms with Gasteiger partial charge in [-0.05, 0) is 44.1 Å². The van der Waals surface area contributed by atoms with E-state index in [1.165, 1.54) is 6.92 Å². The number of likely N-dealkylation sites (N-methyl/N-ethyl adjacent to an activating group) is 2. The van der Waals surface area contributed by atoms with Gasteiger partial charge in [-0.15, -0.1) is 0 Å². The van der Waals surface area contributed by atoms with Crippen molar-refractivity contribution in [1.82, 2.24) is 15.1 Å². The van der Waals surface area contributed by atoms with E-state index in [4.69, 9.17) is 0 Å². The Kier molecular flexibility index (Phi) is 9.08. The van der Waals surface area contributed by atoms with Gasteiger partial charge in [-0.2, -0.15) is 0 Å². The molecule has 7 heteroatoms. The molecule has 0 aliphatic carbocycles. The molecule has 1 fully saturated rings. The van der Waals surface area contributed by atoms with Crippen molar-refractivity contribution in [1.29, 1.82) is 0 Å². The predicted octanol–water partition coefficient (Wildman–Crippen LogP) is 2.76. The quantitative estimate of drug-likeness (QED) is 0.615. The average molecular weight is 424 g/mol. The Balaban J connectivity index is 3.09. The van der Waals surface area contributed by atoms with Gasteiger partial charge in [0.25, 0.3) is 0 Å². The molecule has 0 bridgehead atoms. The minimum atomic E-state index is -1.00. The van der Waals surface area contributed by atoms with Gasteiger partial charge in [0.2, 0.25) is 11.8 Å². The number of carboxylic acids is 1. The molecule has 0 aromatic rings. The largest absolute Gasteiger partial charge is 0.478 e. The number of likely N-dealkylation sites (tertiary alicyclic amines) is 1. The maximum atomic E-state index is 13.5. The van der Waals surface area contributed by atoms with Crippen molar-refractivity contribution in [3.05, 3.63) is 11.6 Å². The standard InChI is InChI=1S/C23H41N3O4/c1-14(2)18(12-16(4)22(29)30)26(9)21(28)19(23(5,6)7)24-20(27)17-11-10-15(3)13-25(17)8/h12,14-15,17-19H,10-11,13H2,1-9H3,(H,24,27)(H,29,30)/b16-12+/t15-,17-,18+,19+/m0/s1. The van der Waals surface area contributed by atoms with Crippen LogP contribution in [-0.4, -0.2) is 71.5 Å². The second-order valence-electron chi connectivity index (χ2n) is 10.3. The number of carboxylic acid groups (broad SMARTS) is 1. The summed E-state index contributed by atoms with van der Waals surface area (Å²) in [5, 5.41) is 12.3. The molecule has 1 aliphatic heterocycles. The second-order valence-corrected chi connectivity index (χ2v) is 10.3. The van der Waals surface area contributed by atoms with E-state index in [9.17, 15) is 19.5 Å². The van der Waals surface area contributed by atoms with E-state index in [2.05, 4.69) is 17.1 Å². The number of rotatable bonds is 7. The Morgan fingerprint density at radius 3 is 2.20 bits per heavy atom. The van der Waals surface area contributed by atoms with Crippen LogP contribution >= 0.6 is 0 Å². The monoisotopic (exact) mass is 423 g/mol. The van der Waals surface area contributed by atoms with Crippen LogP contribution in [0.25, 0.3) is 0 Å². The van der Waals surface area contributed by atoms with E-state index in [1.807, 2.05) is 41.7 Å².